The molecule has 78 valence electrons. The second-order valence-electron chi connectivity index (χ2n) is 4.28. The van der Waals surface area contributed by atoms with Crippen molar-refractivity contribution in [2.75, 3.05) is 6.61 Å². The van der Waals surface area contributed by atoms with Crippen LogP contribution in [0.1, 0.15) is 23.5 Å². The third-order valence-electron chi connectivity index (χ3n) is 3.39. The van der Waals surface area contributed by atoms with Gasteiger partial charge in [-0.15, -0.1) is 0 Å². The fourth-order valence-corrected chi connectivity index (χ4v) is 2.49. The van der Waals surface area contributed by atoms with E-state index in [4.69, 9.17) is 10.5 Å². The number of nitrogens with two attached hydrogens (primary N) is 1. The monoisotopic (exact) mass is 201 g/mol. The molecule has 0 amide bonds. The standard InChI is InChI=1S/C13H15NO/c14-13(12-6-3-7-15-12)11-8-9-4-1-2-5-10(9)11/h1-2,4-6,11,13H,3,7-8,14H2. The molecule has 1 aromatic carbocycles. The van der Waals surface area contributed by atoms with Gasteiger partial charge in [0, 0.05) is 12.3 Å². The van der Waals surface area contributed by atoms with Crippen LogP contribution in [0.3, 0.4) is 0 Å². The van der Waals surface area contributed by atoms with Crippen LogP contribution in [0, 0.1) is 0 Å². The zero-order valence-electron chi connectivity index (χ0n) is 8.65. The molecule has 0 saturated carbocycles. The van der Waals surface area contributed by atoms with E-state index in [2.05, 4.69) is 30.3 Å². The highest BCUT2D eigenvalue weighted by atomic mass is 16.5. The summed E-state index contributed by atoms with van der Waals surface area (Å²) in [6.07, 6.45) is 4.24. The van der Waals surface area contributed by atoms with E-state index < -0.39 is 0 Å². The molecule has 2 heteroatoms. The molecule has 2 atom stereocenters. The molecule has 1 aliphatic heterocycles. The largest absolute Gasteiger partial charge is 0.496 e. The zero-order valence-corrected chi connectivity index (χ0v) is 8.65. The average Bonchev–Trinajstić information content (AvgIpc) is 2.72. The first-order valence-electron chi connectivity index (χ1n) is 5.52. The first-order chi connectivity index (χ1) is 7.36. The summed E-state index contributed by atoms with van der Waals surface area (Å²) in [7, 11) is 0. The molecule has 1 aromatic rings. The van der Waals surface area contributed by atoms with Gasteiger partial charge in [0.05, 0.1) is 12.6 Å². The summed E-state index contributed by atoms with van der Waals surface area (Å²) in [4.78, 5) is 0. The Kier molecular flexibility index (Phi) is 2.03. The molecule has 15 heavy (non-hydrogen) atoms. The van der Waals surface area contributed by atoms with Gasteiger partial charge in [-0.3, -0.25) is 0 Å². The summed E-state index contributed by atoms with van der Waals surface area (Å²) in [5, 5.41) is 0. The van der Waals surface area contributed by atoms with Crippen LogP contribution < -0.4 is 5.73 Å². The summed E-state index contributed by atoms with van der Waals surface area (Å²) in [5.41, 5.74) is 9.05. The van der Waals surface area contributed by atoms with Crippen molar-refractivity contribution in [2.24, 2.45) is 5.73 Å². The van der Waals surface area contributed by atoms with E-state index in [0.717, 1.165) is 25.2 Å². The molecular formula is C13H15NO. The van der Waals surface area contributed by atoms with Gasteiger partial charge in [-0.2, -0.15) is 0 Å². The molecule has 0 aromatic heterocycles. The number of hydrogen-bond acceptors (Lipinski definition) is 2. The molecular weight excluding hydrogens is 186 g/mol. The molecule has 2 N–H and O–H groups in total. The van der Waals surface area contributed by atoms with Crippen molar-refractivity contribution in [3.63, 3.8) is 0 Å². The minimum absolute atomic E-state index is 0.0578. The molecule has 0 saturated heterocycles. The normalized spacial score (nSPS) is 24.9. The van der Waals surface area contributed by atoms with Crippen LogP contribution in [0.2, 0.25) is 0 Å². The third kappa shape index (κ3) is 1.37. The smallest absolute Gasteiger partial charge is 0.109 e. The van der Waals surface area contributed by atoms with Crippen LogP contribution in [0.25, 0.3) is 0 Å². The molecule has 0 spiro atoms. The van der Waals surface area contributed by atoms with Gasteiger partial charge in [-0.1, -0.05) is 24.3 Å². The highest BCUT2D eigenvalue weighted by Gasteiger charge is 2.33. The fourth-order valence-electron chi connectivity index (χ4n) is 2.49. The van der Waals surface area contributed by atoms with Crippen LogP contribution >= 0.6 is 0 Å². The lowest BCUT2D eigenvalue weighted by Crippen LogP contribution is -2.37. The molecule has 0 fully saturated rings. The number of hydrogen-bond donors (Lipinski definition) is 1. The Balaban J connectivity index is 1.81. The third-order valence-corrected chi connectivity index (χ3v) is 3.39. The number of fused-ring (bicyclic) bond motifs is 1. The van der Waals surface area contributed by atoms with E-state index in [1.54, 1.807) is 0 Å². The van der Waals surface area contributed by atoms with Crippen LogP contribution in [-0.2, 0) is 11.2 Å². The molecule has 2 aliphatic rings. The maximum Gasteiger partial charge on any atom is 0.109 e. The quantitative estimate of drug-likeness (QED) is 0.793. The van der Waals surface area contributed by atoms with E-state index in [1.807, 2.05) is 0 Å². The molecule has 2 nitrogen and oxygen atoms in total. The lowest BCUT2D eigenvalue weighted by molar-refractivity contribution is 0.214. The van der Waals surface area contributed by atoms with Gasteiger partial charge in [0.2, 0.25) is 0 Å². The SMILES string of the molecule is NC(C1=CCCO1)C1Cc2ccccc21. The summed E-state index contributed by atoms with van der Waals surface area (Å²) >= 11 is 0. The van der Waals surface area contributed by atoms with Crippen molar-refractivity contribution >= 4 is 0 Å². The summed E-state index contributed by atoms with van der Waals surface area (Å²) in [6.45, 7) is 0.803. The topological polar surface area (TPSA) is 35.2 Å². The lowest BCUT2D eigenvalue weighted by Gasteiger charge is -2.34. The Morgan fingerprint density at radius 3 is 2.93 bits per heavy atom. The van der Waals surface area contributed by atoms with Crippen LogP contribution in [-0.4, -0.2) is 12.6 Å². The molecule has 0 bridgehead atoms. The highest BCUT2D eigenvalue weighted by Crippen LogP contribution is 2.39. The first-order valence-corrected chi connectivity index (χ1v) is 5.52. The minimum Gasteiger partial charge on any atom is -0.496 e. The van der Waals surface area contributed by atoms with Crippen molar-refractivity contribution in [3.8, 4) is 0 Å². The van der Waals surface area contributed by atoms with E-state index in [-0.39, 0.29) is 6.04 Å². The van der Waals surface area contributed by atoms with Gasteiger partial charge < -0.3 is 10.5 Å². The number of benzene rings is 1. The van der Waals surface area contributed by atoms with Crippen molar-refractivity contribution in [3.05, 3.63) is 47.2 Å². The molecule has 2 unspecified atom stereocenters. The van der Waals surface area contributed by atoms with Gasteiger partial charge in [-0.05, 0) is 23.6 Å². The van der Waals surface area contributed by atoms with Gasteiger partial charge in [-0.25, -0.2) is 0 Å². The molecule has 3 rings (SSSR count). The Labute approximate surface area is 89.7 Å². The average molecular weight is 201 g/mol. The Morgan fingerprint density at radius 1 is 1.33 bits per heavy atom. The van der Waals surface area contributed by atoms with E-state index in [9.17, 15) is 0 Å². The van der Waals surface area contributed by atoms with Crippen LogP contribution in [0.5, 0.6) is 0 Å². The Bertz CT molecular complexity index is 411. The number of rotatable bonds is 2. The maximum atomic E-state index is 6.21. The maximum absolute atomic E-state index is 6.21. The minimum atomic E-state index is 0.0578. The van der Waals surface area contributed by atoms with Gasteiger partial charge >= 0.3 is 0 Å². The fraction of sp³-hybridized carbons (Fsp3) is 0.385. The van der Waals surface area contributed by atoms with E-state index in [1.165, 1.54) is 11.1 Å². The molecule has 1 aliphatic carbocycles. The summed E-state index contributed by atoms with van der Waals surface area (Å²) in [5.74, 6) is 1.46. The van der Waals surface area contributed by atoms with Crippen molar-refractivity contribution < 1.29 is 4.74 Å². The molecule has 1 heterocycles. The zero-order chi connectivity index (χ0) is 10.3. The van der Waals surface area contributed by atoms with E-state index in [0.29, 0.717) is 5.92 Å². The van der Waals surface area contributed by atoms with Gasteiger partial charge in [0.25, 0.3) is 0 Å². The van der Waals surface area contributed by atoms with Gasteiger partial charge in [0.15, 0.2) is 0 Å². The summed E-state index contributed by atoms with van der Waals surface area (Å²) in [6, 6.07) is 8.59. The predicted octanol–water partition coefficient (Wildman–Crippen LogP) is 1.96. The van der Waals surface area contributed by atoms with Crippen molar-refractivity contribution in [1.29, 1.82) is 0 Å². The highest BCUT2D eigenvalue weighted by molar-refractivity contribution is 5.42. The second kappa shape index (κ2) is 3.38. The summed E-state index contributed by atoms with van der Waals surface area (Å²) < 4.78 is 5.52. The van der Waals surface area contributed by atoms with Crippen LogP contribution in [0.15, 0.2) is 36.1 Å². The van der Waals surface area contributed by atoms with Crippen molar-refractivity contribution in [2.45, 2.75) is 24.8 Å². The van der Waals surface area contributed by atoms with Crippen molar-refractivity contribution in [1.82, 2.24) is 0 Å². The lowest BCUT2D eigenvalue weighted by atomic mass is 9.73. The Morgan fingerprint density at radius 2 is 2.20 bits per heavy atom. The predicted molar refractivity (Wildman–Crippen MR) is 59.5 cm³/mol. The second-order valence-corrected chi connectivity index (χ2v) is 4.28. The Hall–Kier alpha value is -1.28. The number of ether oxygens (including phenoxy) is 1. The van der Waals surface area contributed by atoms with E-state index >= 15 is 0 Å². The van der Waals surface area contributed by atoms with Gasteiger partial charge in [0.1, 0.15) is 5.76 Å². The van der Waals surface area contributed by atoms with Crippen LogP contribution in [0.4, 0.5) is 0 Å². The molecule has 0 radical (unpaired) electrons. The first kappa shape index (κ1) is 8.98.